The summed E-state index contributed by atoms with van der Waals surface area (Å²) in [5.41, 5.74) is 1.49. The van der Waals surface area contributed by atoms with Crippen molar-refractivity contribution in [1.82, 2.24) is 14.8 Å². The fraction of sp³-hybridized carbons (Fsp3) is 0.536. The Balaban J connectivity index is 1.95. The SMILES string of the molecule is CCCCCOc1cccc(C2C(C(=O)c3sc(C)nc3C)=C(O)C(=O)N2CCCN(CC)CC)c1. The Morgan fingerprint density at radius 3 is 2.56 bits per heavy atom. The van der Waals surface area contributed by atoms with E-state index in [0.717, 1.165) is 55.9 Å². The highest BCUT2D eigenvalue weighted by Gasteiger charge is 2.44. The molecular weight excluding hydrogens is 474 g/mol. The van der Waals surface area contributed by atoms with Crippen molar-refractivity contribution >= 4 is 23.0 Å². The molecule has 1 unspecified atom stereocenters. The highest BCUT2D eigenvalue weighted by atomic mass is 32.1. The average Bonchev–Trinajstić information content (AvgIpc) is 3.34. The van der Waals surface area contributed by atoms with Crippen LogP contribution in [0.2, 0.25) is 0 Å². The number of amides is 1. The number of aliphatic hydroxyl groups excluding tert-OH is 1. The first-order valence-corrected chi connectivity index (χ1v) is 13.8. The van der Waals surface area contributed by atoms with Crippen molar-refractivity contribution in [3.8, 4) is 5.75 Å². The van der Waals surface area contributed by atoms with E-state index < -0.39 is 17.7 Å². The number of Topliss-reactive ketones (excluding diaryl/α,β-unsaturated/α-hetero) is 1. The van der Waals surface area contributed by atoms with Crippen LogP contribution in [0, 0.1) is 13.8 Å². The predicted octanol–water partition coefficient (Wildman–Crippen LogP) is 5.64. The summed E-state index contributed by atoms with van der Waals surface area (Å²) < 4.78 is 5.96. The Morgan fingerprint density at radius 1 is 1.17 bits per heavy atom. The van der Waals surface area contributed by atoms with Crippen LogP contribution in [-0.4, -0.2) is 64.4 Å². The van der Waals surface area contributed by atoms with Gasteiger partial charge in [0.1, 0.15) is 5.75 Å². The van der Waals surface area contributed by atoms with Gasteiger partial charge in [0, 0.05) is 6.54 Å². The predicted molar refractivity (Wildman–Crippen MR) is 144 cm³/mol. The monoisotopic (exact) mass is 513 g/mol. The topological polar surface area (TPSA) is 83.0 Å². The van der Waals surface area contributed by atoms with Gasteiger partial charge < -0.3 is 19.6 Å². The number of aryl methyl sites for hydroxylation is 2. The molecule has 1 amide bonds. The van der Waals surface area contributed by atoms with E-state index in [2.05, 4.69) is 30.7 Å². The number of rotatable bonds is 14. The smallest absolute Gasteiger partial charge is 0.290 e. The molecule has 0 saturated heterocycles. The summed E-state index contributed by atoms with van der Waals surface area (Å²) in [7, 11) is 0. The second kappa shape index (κ2) is 13.0. The van der Waals surface area contributed by atoms with E-state index in [9.17, 15) is 14.7 Å². The third-order valence-electron chi connectivity index (χ3n) is 6.62. The van der Waals surface area contributed by atoms with Gasteiger partial charge >= 0.3 is 0 Å². The Labute approximate surface area is 218 Å². The molecule has 7 nitrogen and oxygen atoms in total. The first kappa shape index (κ1) is 27.9. The van der Waals surface area contributed by atoms with Crippen molar-refractivity contribution in [2.45, 2.75) is 66.3 Å². The lowest BCUT2D eigenvalue weighted by molar-refractivity contribution is -0.129. The number of ether oxygens (including phenoxy) is 1. The number of ketones is 1. The molecule has 36 heavy (non-hydrogen) atoms. The minimum Gasteiger partial charge on any atom is -0.503 e. The summed E-state index contributed by atoms with van der Waals surface area (Å²) >= 11 is 1.29. The molecule has 1 aromatic heterocycles. The normalized spacial score (nSPS) is 15.9. The first-order chi connectivity index (χ1) is 17.3. The van der Waals surface area contributed by atoms with Crippen molar-refractivity contribution in [2.24, 2.45) is 0 Å². The minimum atomic E-state index is -0.678. The average molecular weight is 514 g/mol. The third-order valence-corrected chi connectivity index (χ3v) is 7.69. The highest BCUT2D eigenvalue weighted by molar-refractivity contribution is 7.14. The maximum Gasteiger partial charge on any atom is 0.290 e. The number of aliphatic hydroxyl groups is 1. The van der Waals surface area contributed by atoms with Gasteiger partial charge in [-0.05, 0) is 64.0 Å². The van der Waals surface area contributed by atoms with Gasteiger partial charge in [0.25, 0.3) is 5.91 Å². The summed E-state index contributed by atoms with van der Waals surface area (Å²) in [5.74, 6) is -0.611. The third kappa shape index (κ3) is 6.34. The molecule has 196 valence electrons. The summed E-state index contributed by atoms with van der Waals surface area (Å²) in [6.07, 6.45) is 3.92. The number of nitrogens with zero attached hydrogens (tertiary/aromatic N) is 3. The fourth-order valence-corrected chi connectivity index (χ4v) is 5.52. The van der Waals surface area contributed by atoms with Gasteiger partial charge in [-0.1, -0.05) is 45.7 Å². The van der Waals surface area contributed by atoms with E-state index in [1.807, 2.05) is 31.2 Å². The van der Waals surface area contributed by atoms with Crippen molar-refractivity contribution < 1.29 is 19.4 Å². The molecule has 2 heterocycles. The van der Waals surface area contributed by atoms with E-state index >= 15 is 0 Å². The lowest BCUT2D eigenvalue weighted by Crippen LogP contribution is -2.34. The number of hydrogen-bond acceptors (Lipinski definition) is 7. The Bertz CT molecular complexity index is 1090. The number of carbonyl (C=O) groups is 2. The summed E-state index contributed by atoms with van der Waals surface area (Å²) in [4.78, 5) is 35.8. The Kier molecular flexibility index (Phi) is 10.1. The van der Waals surface area contributed by atoms with E-state index in [0.29, 0.717) is 29.5 Å². The van der Waals surface area contributed by atoms with Gasteiger partial charge in [-0.15, -0.1) is 11.3 Å². The number of carbonyl (C=O) groups excluding carboxylic acids is 2. The fourth-order valence-electron chi connectivity index (χ4n) is 4.65. The lowest BCUT2D eigenvalue weighted by atomic mass is 9.95. The number of thiazole rings is 1. The molecule has 1 atom stereocenters. The summed E-state index contributed by atoms with van der Waals surface area (Å²) in [6, 6.07) is 6.87. The van der Waals surface area contributed by atoms with E-state index in [1.165, 1.54) is 11.3 Å². The molecule has 1 N–H and O–H groups in total. The van der Waals surface area contributed by atoms with E-state index in [-0.39, 0.29) is 11.4 Å². The Morgan fingerprint density at radius 2 is 1.92 bits per heavy atom. The highest BCUT2D eigenvalue weighted by Crippen LogP contribution is 2.41. The first-order valence-electron chi connectivity index (χ1n) is 13.0. The molecule has 0 fully saturated rings. The molecule has 1 aromatic carbocycles. The molecule has 0 saturated carbocycles. The number of benzene rings is 1. The van der Waals surface area contributed by atoms with Gasteiger partial charge in [0.2, 0.25) is 5.78 Å². The molecule has 0 aliphatic carbocycles. The molecule has 0 bridgehead atoms. The largest absolute Gasteiger partial charge is 0.503 e. The zero-order valence-electron chi connectivity index (χ0n) is 22.2. The van der Waals surface area contributed by atoms with Crippen LogP contribution >= 0.6 is 11.3 Å². The summed E-state index contributed by atoms with van der Waals surface area (Å²) in [6.45, 7) is 13.8. The molecule has 2 aromatic rings. The minimum absolute atomic E-state index is 0.123. The lowest BCUT2D eigenvalue weighted by Gasteiger charge is -2.28. The zero-order valence-corrected chi connectivity index (χ0v) is 23.0. The standard InChI is InChI=1S/C28H39N3O4S/c1-6-9-10-17-35-22-14-11-13-21(18-22)24-23(25(32)27-19(4)29-20(5)36-27)26(33)28(34)31(24)16-12-15-30(7-2)8-3/h11,13-14,18,24,33H,6-10,12,15-17H2,1-5H3. The van der Waals surface area contributed by atoms with Crippen LogP contribution in [0.3, 0.4) is 0 Å². The van der Waals surface area contributed by atoms with Crippen molar-refractivity contribution in [3.05, 3.63) is 56.7 Å². The van der Waals surface area contributed by atoms with Crippen LogP contribution < -0.4 is 4.74 Å². The molecule has 0 radical (unpaired) electrons. The van der Waals surface area contributed by atoms with Crippen molar-refractivity contribution in [2.75, 3.05) is 32.8 Å². The quantitative estimate of drug-likeness (QED) is 0.260. The van der Waals surface area contributed by atoms with E-state index in [1.54, 1.807) is 11.8 Å². The molecular formula is C28H39N3O4S. The summed E-state index contributed by atoms with van der Waals surface area (Å²) in [5, 5.41) is 11.7. The van der Waals surface area contributed by atoms with Gasteiger partial charge in [-0.25, -0.2) is 4.98 Å². The van der Waals surface area contributed by atoms with Gasteiger partial charge in [0.05, 0.1) is 33.8 Å². The maximum atomic E-state index is 13.7. The van der Waals surface area contributed by atoms with Crippen molar-refractivity contribution in [1.29, 1.82) is 0 Å². The van der Waals surface area contributed by atoms with Crippen LogP contribution in [0.5, 0.6) is 5.75 Å². The second-order valence-electron chi connectivity index (χ2n) is 9.15. The molecule has 3 rings (SSSR count). The Hall–Kier alpha value is -2.71. The van der Waals surface area contributed by atoms with Crippen LogP contribution in [0.4, 0.5) is 0 Å². The number of aromatic nitrogens is 1. The molecule has 1 aliphatic rings. The van der Waals surface area contributed by atoms with E-state index in [4.69, 9.17) is 4.74 Å². The molecule has 0 spiro atoms. The number of hydrogen-bond donors (Lipinski definition) is 1. The van der Waals surface area contributed by atoms with Crippen LogP contribution in [0.1, 0.15) is 78.4 Å². The second-order valence-corrected chi connectivity index (χ2v) is 10.4. The van der Waals surface area contributed by atoms with Crippen LogP contribution in [0.25, 0.3) is 0 Å². The maximum absolute atomic E-state index is 13.7. The number of unbranched alkanes of at least 4 members (excludes halogenated alkanes) is 2. The van der Waals surface area contributed by atoms with Crippen LogP contribution in [0.15, 0.2) is 35.6 Å². The van der Waals surface area contributed by atoms with Gasteiger partial charge in [0.15, 0.2) is 5.76 Å². The van der Waals surface area contributed by atoms with Crippen LogP contribution in [-0.2, 0) is 4.79 Å². The molecule has 8 heteroatoms. The van der Waals surface area contributed by atoms with Gasteiger partial charge in [-0.3, -0.25) is 9.59 Å². The zero-order chi connectivity index (χ0) is 26.2. The molecule has 1 aliphatic heterocycles. The van der Waals surface area contributed by atoms with Crippen molar-refractivity contribution in [3.63, 3.8) is 0 Å². The van der Waals surface area contributed by atoms with Gasteiger partial charge in [-0.2, -0.15) is 0 Å².